The molecule has 0 aromatic carbocycles. The number of hydrogen-bond acceptors (Lipinski definition) is 3. The Kier molecular flexibility index (Phi) is 4.45. The highest BCUT2D eigenvalue weighted by atomic mass is 32.2. The van der Waals surface area contributed by atoms with Crippen LogP contribution in [0.1, 0.15) is 20.3 Å². The summed E-state index contributed by atoms with van der Waals surface area (Å²) in [6.45, 7) is 4.91. The third-order valence-corrected chi connectivity index (χ3v) is 4.02. The maximum absolute atomic E-state index is 11.7. The van der Waals surface area contributed by atoms with Gasteiger partial charge in [0.1, 0.15) is 5.92 Å². The van der Waals surface area contributed by atoms with Crippen LogP contribution < -0.4 is 0 Å². The Morgan fingerprint density at radius 1 is 1.60 bits per heavy atom. The van der Waals surface area contributed by atoms with Crippen molar-refractivity contribution in [3.05, 3.63) is 0 Å². The molecule has 0 saturated carbocycles. The summed E-state index contributed by atoms with van der Waals surface area (Å²) in [5.74, 6) is -1.28. The second-order valence-corrected chi connectivity index (χ2v) is 5.15. The van der Waals surface area contributed by atoms with Crippen molar-refractivity contribution in [2.75, 3.05) is 18.8 Å². The van der Waals surface area contributed by atoms with E-state index in [1.54, 1.807) is 4.90 Å². The lowest BCUT2D eigenvalue weighted by Crippen LogP contribution is -2.45. The molecule has 15 heavy (non-hydrogen) atoms. The topological polar surface area (TPSA) is 57.6 Å². The van der Waals surface area contributed by atoms with E-state index in [0.717, 1.165) is 12.2 Å². The number of carboxylic acid groups (broad SMARTS) is 1. The Morgan fingerprint density at radius 2 is 2.27 bits per heavy atom. The fraction of sp³-hybridized carbons (Fsp3) is 0.800. The van der Waals surface area contributed by atoms with Crippen molar-refractivity contribution < 1.29 is 14.7 Å². The van der Waals surface area contributed by atoms with Crippen molar-refractivity contribution in [2.45, 2.75) is 25.5 Å². The zero-order valence-corrected chi connectivity index (χ0v) is 9.92. The first kappa shape index (κ1) is 12.4. The molecule has 1 fully saturated rings. The SMILES string of the molecule is CCC1CN(C(=O)C(C)C(=O)O)CCS1. The van der Waals surface area contributed by atoms with Crippen LogP contribution in [0.2, 0.25) is 0 Å². The molecule has 1 saturated heterocycles. The lowest BCUT2D eigenvalue weighted by atomic mass is 10.1. The Balaban J connectivity index is 2.55. The van der Waals surface area contributed by atoms with E-state index >= 15 is 0 Å². The highest BCUT2D eigenvalue weighted by molar-refractivity contribution is 8.00. The minimum Gasteiger partial charge on any atom is -0.481 e. The number of aliphatic carboxylic acids is 1. The molecule has 0 aromatic heterocycles. The molecule has 1 N–H and O–H groups in total. The number of hydrogen-bond donors (Lipinski definition) is 1. The molecule has 0 bridgehead atoms. The monoisotopic (exact) mass is 231 g/mol. The van der Waals surface area contributed by atoms with E-state index in [2.05, 4.69) is 6.92 Å². The van der Waals surface area contributed by atoms with Gasteiger partial charge in [-0.05, 0) is 13.3 Å². The third kappa shape index (κ3) is 3.12. The molecule has 1 heterocycles. The van der Waals surface area contributed by atoms with Gasteiger partial charge in [0.25, 0.3) is 0 Å². The highest BCUT2D eigenvalue weighted by Gasteiger charge is 2.29. The lowest BCUT2D eigenvalue weighted by molar-refractivity contribution is -0.150. The first-order chi connectivity index (χ1) is 7.06. The average Bonchev–Trinajstić information content (AvgIpc) is 2.27. The number of nitrogens with zero attached hydrogens (tertiary/aromatic N) is 1. The van der Waals surface area contributed by atoms with E-state index in [4.69, 9.17) is 5.11 Å². The number of carboxylic acids is 1. The number of rotatable bonds is 3. The molecule has 4 nitrogen and oxygen atoms in total. The summed E-state index contributed by atoms with van der Waals surface area (Å²) in [5.41, 5.74) is 0. The van der Waals surface area contributed by atoms with Crippen molar-refractivity contribution in [2.24, 2.45) is 5.92 Å². The summed E-state index contributed by atoms with van der Waals surface area (Å²) in [5, 5.41) is 9.22. The Bertz CT molecular complexity index is 257. The van der Waals surface area contributed by atoms with Crippen LogP contribution in [0.15, 0.2) is 0 Å². The van der Waals surface area contributed by atoms with Crippen LogP contribution in [0.25, 0.3) is 0 Å². The molecule has 0 radical (unpaired) electrons. The molecule has 0 aliphatic carbocycles. The van der Waals surface area contributed by atoms with Gasteiger partial charge in [-0.1, -0.05) is 6.92 Å². The molecule has 1 aliphatic heterocycles. The van der Waals surface area contributed by atoms with E-state index < -0.39 is 11.9 Å². The van der Waals surface area contributed by atoms with Gasteiger partial charge in [0.05, 0.1) is 0 Å². The maximum Gasteiger partial charge on any atom is 0.315 e. The molecule has 86 valence electrons. The molecule has 0 spiro atoms. The van der Waals surface area contributed by atoms with Gasteiger partial charge in [-0.25, -0.2) is 0 Å². The first-order valence-electron chi connectivity index (χ1n) is 5.19. The first-order valence-corrected chi connectivity index (χ1v) is 6.24. The van der Waals surface area contributed by atoms with E-state index in [0.29, 0.717) is 18.3 Å². The second kappa shape index (κ2) is 5.39. The van der Waals surface area contributed by atoms with Gasteiger partial charge < -0.3 is 10.0 Å². The summed E-state index contributed by atoms with van der Waals surface area (Å²) in [6.07, 6.45) is 1.02. The summed E-state index contributed by atoms with van der Waals surface area (Å²) in [7, 11) is 0. The number of carbonyl (C=O) groups is 2. The summed E-state index contributed by atoms with van der Waals surface area (Å²) >= 11 is 1.86. The Labute approximate surface area is 94.0 Å². The van der Waals surface area contributed by atoms with Gasteiger partial charge in [-0.2, -0.15) is 11.8 Å². The number of carbonyl (C=O) groups excluding carboxylic acids is 1. The third-order valence-electron chi connectivity index (χ3n) is 2.65. The van der Waals surface area contributed by atoms with E-state index in [1.807, 2.05) is 11.8 Å². The molecular formula is C10H17NO3S. The largest absolute Gasteiger partial charge is 0.481 e. The van der Waals surface area contributed by atoms with Crippen LogP contribution in [-0.4, -0.2) is 46.0 Å². The van der Waals surface area contributed by atoms with Gasteiger partial charge in [0.15, 0.2) is 0 Å². The normalized spacial score (nSPS) is 23.6. The molecule has 1 aliphatic rings. The standard InChI is InChI=1S/C10H17NO3S/c1-3-8-6-11(4-5-15-8)9(12)7(2)10(13)14/h7-8H,3-6H2,1-2H3,(H,13,14). The van der Waals surface area contributed by atoms with Gasteiger partial charge in [0, 0.05) is 24.1 Å². The lowest BCUT2D eigenvalue weighted by Gasteiger charge is -2.32. The predicted molar refractivity (Wildman–Crippen MR) is 59.9 cm³/mol. The van der Waals surface area contributed by atoms with Gasteiger partial charge in [-0.15, -0.1) is 0 Å². The van der Waals surface area contributed by atoms with Crippen molar-refractivity contribution in [3.8, 4) is 0 Å². The zero-order chi connectivity index (χ0) is 11.4. The van der Waals surface area contributed by atoms with Crippen LogP contribution in [0.5, 0.6) is 0 Å². The van der Waals surface area contributed by atoms with Gasteiger partial charge in [0.2, 0.25) is 5.91 Å². The van der Waals surface area contributed by atoms with E-state index in [1.165, 1.54) is 6.92 Å². The van der Waals surface area contributed by atoms with Gasteiger partial charge >= 0.3 is 5.97 Å². The van der Waals surface area contributed by atoms with Crippen LogP contribution in [-0.2, 0) is 9.59 Å². The van der Waals surface area contributed by atoms with Crippen molar-refractivity contribution >= 4 is 23.6 Å². The second-order valence-electron chi connectivity index (χ2n) is 3.75. The smallest absolute Gasteiger partial charge is 0.315 e. The fourth-order valence-corrected chi connectivity index (χ4v) is 2.73. The quantitative estimate of drug-likeness (QED) is 0.738. The van der Waals surface area contributed by atoms with Crippen LogP contribution in [0.3, 0.4) is 0 Å². The van der Waals surface area contributed by atoms with Crippen molar-refractivity contribution in [3.63, 3.8) is 0 Å². The van der Waals surface area contributed by atoms with Crippen LogP contribution in [0, 0.1) is 5.92 Å². The molecule has 0 aromatic rings. The minimum absolute atomic E-state index is 0.249. The maximum atomic E-state index is 11.7. The Morgan fingerprint density at radius 3 is 2.80 bits per heavy atom. The van der Waals surface area contributed by atoms with Crippen LogP contribution >= 0.6 is 11.8 Å². The highest BCUT2D eigenvalue weighted by Crippen LogP contribution is 2.22. The van der Waals surface area contributed by atoms with E-state index in [9.17, 15) is 9.59 Å². The molecule has 5 heteroatoms. The number of thioether (sulfide) groups is 1. The molecule has 2 atom stereocenters. The number of amides is 1. The van der Waals surface area contributed by atoms with Crippen molar-refractivity contribution in [1.82, 2.24) is 4.90 Å². The summed E-state index contributed by atoms with van der Waals surface area (Å²) in [6, 6.07) is 0. The zero-order valence-electron chi connectivity index (χ0n) is 9.10. The molecule has 2 unspecified atom stereocenters. The van der Waals surface area contributed by atoms with Crippen LogP contribution in [0.4, 0.5) is 0 Å². The molecule has 1 rings (SSSR count). The van der Waals surface area contributed by atoms with Gasteiger partial charge in [-0.3, -0.25) is 9.59 Å². The average molecular weight is 231 g/mol. The molecule has 1 amide bonds. The molecular weight excluding hydrogens is 214 g/mol. The Hall–Kier alpha value is -0.710. The van der Waals surface area contributed by atoms with Crippen molar-refractivity contribution in [1.29, 1.82) is 0 Å². The fourth-order valence-electron chi connectivity index (χ4n) is 1.55. The summed E-state index contributed by atoms with van der Waals surface area (Å²) < 4.78 is 0. The minimum atomic E-state index is -1.04. The van der Waals surface area contributed by atoms with E-state index in [-0.39, 0.29) is 5.91 Å². The summed E-state index contributed by atoms with van der Waals surface area (Å²) in [4.78, 5) is 24.1. The predicted octanol–water partition coefficient (Wildman–Crippen LogP) is 1.06.